The summed E-state index contributed by atoms with van der Waals surface area (Å²) in [4.78, 5) is 17.7. The third-order valence-electron chi connectivity index (χ3n) is 5.13. The fraction of sp³-hybridized carbons (Fsp3) is 0.286. The van der Waals surface area contributed by atoms with Crippen molar-refractivity contribution in [3.05, 3.63) is 64.2 Å². The number of piperidine rings is 1. The Morgan fingerprint density at radius 2 is 1.81 bits per heavy atom. The van der Waals surface area contributed by atoms with Gasteiger partial charge in [0.25, 0.3) is 0 Å². The normalized spacial score (nSPS) is 14.7. The first-order chi connectivity index (χ1) is 12.6. The van der Waals surface area contributed by atoms with Crippen molar-refractivity contribution in [3.8, 4) is 0 Å². The van der Waals surface area contributed by atoms with Crippen molar-refractivity contribution in [2.24, 2.45) is 5.73 Å². The molecule has 1 aromatic heterocycles. The molecule has 1 aliphatic rings. The second-order valence-corrected chi connectivity index (χ2v) is 7.36. The maximum atomic E-state index is 11.6. The van der Waals surface area contributed by atoms with E-state index in [0.717, 1.165) is 41.3 Å². The number of amides is 1. The monoisotopic (exact) mass is 367 g/mol. The number of nitrogens with zero attached hydrogens (tertiary/aromatic N) is 1. The van der Waals surface area contributed by atoms with Crippen molar-refractivity contribution in [2.45, 2.75) is 25.7 Å². The van der Waals surface area contributed by atoms with Crippen molar-refractivity contribution in [1.29, 1.82) is 0 Å². The standard InChI is InChI=1S/C21H22ClN3O/c22-16-7-4-14(5-8-16)12-18-17-13-15(20(23)26)6-9-19(17)24-21(18)25-10-2-1-3-11-25/h4-9,13,24H,1-3,10-12H2,(H2,23,26). The second-order valence-electron chi connectivity index (χ2n) is 6.93. The molecule has 1 saturated heterocycles. The molecule has 1 amide bonds. The molecule has 4 nitrogen and oxygen atoms in total. The summed E-state index contributed by atoms with van der Waals surface area (Å²) >= 11 is 6.03. The fourth-order valence-electron chi connectivity index (χ4n) is 3.76. The number of benzene rings is 2. The van der Waals surface area contributed by atoms with Gasteiger partial charge < -0.3 is 15.6 Å². The maximum absolute atomic E-state index is 11.6. The number of carbonyl (C=O) groups is 1. The Kier molecular flexibility index (Phi) is 4.60. The van der Waals surface area contributed by atoms with Gasteiger partial charge in [0.15, 0.2) is 0 Å². The number of halogens is 1. The minimum absolute atomic E-state index is 0.398. The summed E-state index contributed by atoms with van der Waals surface area (Å²) in [5.41, 5.74) is 9.49. The van der Waals surface area contributed by atoms with Crippen LogP contribution in [0.4, 0.5) is 5.82 Å². The lowest BCUT2D eigenvalue weighted by Gasteiger charge is -2.28. The molecule has 2 heterocycles. The second kappa shape index (κ2) is 7.04. The molecule has 134 valence electrons. The summed E-state index contributed by atoms with van der Waals surface area (Å²) in [5.74, 6) is 0.765. The van der Waals surface area contributed by atoms with Gasteiger partial charge >= 0.3 is 0 Å². The number of nitrogens with one attached hydrogen (secondary N) is 1. The third-order valence-corrected chi connectivity index (χ3v) is 5.39. The van der Waals surface area contributed by atoms with Crippen LogP contribution < -0.4 is 10.6 Å². The molecule has 1 aliphatic heterocycles. The van der Waals surface area contributed by atoms with E-state index in [-0.39, 0.29) is 0 Å². The smallest absolute Gasteiger partial charge is 0.248 e. The highest BCUT2D eigenvalue weighted by Crippen LogP contribution is 2.33. The minimum Gasteiger partial charge on any atom is -0.366 e. The van der Waals surface area contributed by atoms with Crippen LogP contribution in [-0.2, 0) is 6.42 Å². The minimum atomic E-state index is -0.398. The van der Waals surface area contributed by atoms with E-state index in [4.69, 9.17) is 17.3 Å². The Morgan fingerprint density at radius 1 is 1.08 bits per heavy atom. The third kappa shape index (κ3) is 3.29. The van der Waals surface area contributed by atoms with Crippen molar-refractivity contribution < 1.29 is 4.79 Å². The lowest BCUT2D eigenvalue weighted by Crippen LogP contribution is -2.30. The lowest BCUT2D eigenvalue weighted by atomic mass is 10.0. The molecule has 1 fully saturated rings. The Balaban J connectivity index is 1.82. The van der Waals surface area contributed by atoms with E-state index >= 15 is 0 Å². The van der Waals surface area contributed by atoms with Crippen molar-refractivity contribution in [3.63, 3.8) is 0 Å². The van der Waals surface area contributed by atoms with Crippen LogP contribution in [0, 0.1) is 0 Å². The Labute approximate surface area is 157 Å². The molecule has 0 aliphatic carbocycles. The fourth-order valence-corrected chi connectivity index (χ4v) is 3.89. The summed E-state index contributed by atoms with van der Waals surface area (Å²) in [7, 11) is 0. The van der Waals surface area contributed by atoms with Gasteiger partial charge in [0.05, 0.1) is 0 Å². The number of rotatable bonds is 4. The van der Waals surface area contributed by atoms with Crippen LogP contribution in [0.3, 0.4) is 0 Å². The number of nitrogens with two attached hydrogens (primary N) is 1. The Bertz CT molecular complexity index is 940. The van der Waals surface area contributed by atoms with Crippen LogP contribution in [0.5, 0.6) is 0 Å². The van der Waals surface area contributed by atoms with E-state index in [1.807, 2.05) is 24.3 Å². The number of primary amides is 1. The van der Waals surface area contributed by atoms with Crippen LogP contribution in [0.15, 0.2) is 42.5 Å². The highest BCUT2D eigenvalue weighted by molar-refractivity contribution is 6.30. The first-order valence-electron chi connectivity index (χ1n) is 9.05. The summed E-state index contributed by atoms with van der Waals surface area (Å²) in [6.07, 6.45) is 4.49. The summed E-state index contributed by atoms with van der Waals surface area (Å²) in [6, 6.07) is 13.6. The molecule has 3 aromatic rings. The van der Waals surface area contributed by atoms with Crippen LogP contribution in [0.25, 0.3) is 10.9 Å². The Morgan fingerprint density at radius 3 is 2.50 bits per heavy atom. The van der Waals surface area contributed by atoms with Crippen LogP contribution >= 0.6 is 11.6 Å². The van der Waals surface area contributed by atoms with E-state index in [1.54, 1.807) is 6.07 Å². The van der Waals surface area contributed by atoms with Gasteiger partial charge in [0, 0.05) is 46.6 Å². The molecule has 2 aromatic carbocycles. The molecule has 0 bridgehead atoms. The average molecular weight is 368 g/mol. The van der Waals surface area contributed by atoms with Crippen molar-refractivity contribution in [1.82, 2.24) is 4.98 Å². The largest absolute Gasteiger partial charge is 0.366 e. The van der Waals surface area contributed by atoms with Gasteiger partial charge in [-0.15, -0.1) is 0 Å². The molecule has 5 heteroatoms. The molecular formula is C21H22ClN3O. The number of carbonyl (C=O) groups excluding carboxylic acids is 1. The molecule has 0 unspecified atom stereocenters. The van der Waals surface area contributed by atoms with Crippen molar-refractivity contribution in [2.75, 3.05) is 18.0 Å². The van der Waals surface area contributed by atoms with Gasteiger partial charge in [0.2, 0.25) is 5.91 Å². The van der Waals surface area contributed by atoms with Gasteiger partial charge in [-0.05, 0) is 55.2 Å². The maximum Gasteiger partial charge on any atom is 0.248 e. The molecule has 4 rings (SSSR count). The number of H-pyrrole nitrogens is 1. The highest BCUT2D eigenvalue weighted by Gasteiger charge is 2.20. The zero-order chi connectivity index (χ0) is 18.1. The zero-order valence-corrected chi connectivity index (χ0v) is 15.4. The van der Waals surface area contributed by atoms with Crippen LogP contribution in [-0.4, -0.2) is 24.0 Å². The van der Waals surface area contributed by atoms with Crippen molar-refractivity contribution >= 4 is 34.2 Å². The van der Waals surface area contributed by atoms with Gasteiger partial charge in [-0.25, -0.2) is 0 Å². The molecule has 0 atom stereocenters. The van der Waals surface area contributed by atoms with Gasteiger partial charge in [-0.2, -0.15) is 0 Å². The quantitative estimate of drug-likeness (QED) is 0.713. The van der Waals surface area contributed by atoms with Gasteiger partial charge in [-0.1, -0.05) is 23.7 Å². The number of aromatic amines is 1. The first-order valence-corrected chi connectivity index (χ1v) is 9.43. The molecule has 3 N–H and O–H groups in total. The number of fused-ring (bicyclic) bond motifs is 1. The highest BCUT2D eigenvalue weighted by atomic mass is 35.5. The van der Waals surface area contributed by atoms with E-state index in [1.165, 1.54) is 30.4 Å². The number of aromatic nitrogens is 1. The zero-order valence-electron chi connectivity index (χ0n) is 14.6. The first kappa shape index (κ1) is 17.0. The predicted octanol–water partition coefficient (Wildman–Crippen LogP) is 4.50. The van der Waals surface area contributed by atoms with E-state index in [0.29, 0.717) is 5.56 Å². The average Bonchev–Trinajstić information content (AvgIpc) is 3.02. The predicted molar refractivity (Wildman–Crippen MR) is 107 cm³/mol. The molecule has 0 saturated carbocycles. The molecule has 0 spiro atoms. The topological polar surface area (TPSA) is 62.1 Å². The molecular weight excluding hydrogens is 346 g/mol. The van der Waals surface area contributed by atoms with Gasteiger partial charge in [-0.3, -0.25) is 4.79 Å². The number of anilines is 1. The summed E-state index contributed by atoms with van der Waals surface area (Å²) in [6.45, 7) is 2.12. The number of hydrogen-bond acceptors (Lipinski definition) is 2. The van der Waals surface area contributed by atoms with E-state index < -0.39 is 5.91 Å². The molecule has 26 heavy (non-hydrogen) atoms. The van der Waals surface area contributed by atoms with Gasteiger partial charge in [0.1, 0.15) is 5.82 Å². The summed E-state index contributed by atoms with van der Waals surface area (Å²) in [5, 5.41) is 1.80. The van der Waals surface area contributed by atoms with Crippen LogP contribution in [0.2, 0.25) is 5.02 Å². The molecule has 0 radical (unpaired) electrons. The Hall–Kier alpha value is -2.46. The van der Waals surface area contributed by atoms with E-state index in [2.05, 4.69) is 22.0 Å². The number of hydrogen-bond donors (Lipinski definition) is 2. The lowest BCUT2D eigenvalue weighted by molar-refractivity contribution is 0.100. The summed E-state index contributed by atoms with van der Waals surface area (Å²) < 4.78 is 0. The van der Waals surface area contributed by atoms with E-state index in [9.17, 15) is 4.79 Å². The van der Waals surface area contributed by atoms with Crippen LogP contribution in [0.1, 0.15) is 40.7 Å². The SMILES string of the molecule is NC(=O)c1ccc2[nH]c(N3CCCCC3)c(Cc3ccc(Cl)cc3)c2c1.